The number of urea groups is 1. The third-order valence-corrected chi connectivity index (χ3v) is 11.4. The van der Waals surface area contributed by atoms with Gasteiger partial charge < -0.3 is 5.11 Å². The Bertz CT molecular complexity index is 1510. The van der Waals surface area contributed by atoms with Crippen LogP contribution in [0.15, 0.2) is 47.5 Å². The van der Waals surface area contributed by atoms with Gasteiger partial charge in [0.05, 0.1) is 6.61 Å². The maximum absolute atomic E-state index is 13.2. The number of nitrogens with one attached hydrogen (secondary N) is 3. The Kier molecular flexibility index (Phi) is 7.44. The zero-order valence-corrected chi connectivity index (χ0v) is 24.0. The van der Waals surface area contributed by atoms with Gasteiger partial charge in [-0.25, -0.2) is 0 Å². The first-order valence-electron chi connectivity index (χ1n) is 11.1. The molecule has 0 atom stereocenters. The van der Waals surface area contributed by atoms with E-state index in [0.29, 0.717) is 51.6 Å². The third kappa shape index (κ3) is 4.81. The van der Waals surface area contributed by atoms with Crippen molar-refractivity contribution in [3.8, 4) is 5.75 Å². The van der Waals surface area contributed by atoms with E-state index in [-0.39, 0.29) is 12.5 Å². The molecule has 0 saturated heterocycles. The average molecular weight is 626 g/mol. The van der Waals surface area contributed by atoms with Crippen molar-refractivity contribution in [1.29, 1.82) is 0 Å². The number of hydrogen-bond donors (Lipinski definition) is 4. The van der Waals surface area contributed by atoms with Crippen LogP contribution in [0.1, 0.15) is 15.2 Å². The van der Waals surface area contributed by atoms with Gasteiger partial charge in [-0.1, -0.05) is 0 Å². The number of aliphatic hydroxyl groups excluding tert-OH is 1. The molecule has 0 saturated carbocycles. The number of thiophene rings is 1. The van der Waals surface area contributed by atoms with Crippen LogP contribution in [0, 0.1) is 2.21 Å². The van der Waals surface area contributed by atoms with Crippen LogP contribution in [0.25, 0.3) is 5.82 Å². The maximum atomic E-state index is 13.2. The number of halogens is 1. The second-order valence-corrected chi connectivity index (χ2v) is 14.1. The number of rotatable bonds is 8. The molecule has 3 heterocycles. The Hall–Kier alpha value is -2.70. The van der Waals surface area contributed by atoms with Gasteiger partial charge in [0.25, 0.3) is 0 Å². The fourth-order valence-corrected chi connectivity index (χ4v) is 9.47. The minimum atomic E-state index is -1.34. The molecule has 0 fully saturated rings. The van der Waals surface area contributed by atoms with Crippen molar-refractivity contribution in [1.82, 2.24) is 5.32 Å². The molecule has 182 valence electrons. The number of carbonyl (C=O) groups is 2. The molecular formula is C24H21ClInN5O4S. The molecule has 4 N–H and O–H groups in total. The molecule has 2 aromatic carbocycles. The number of carbonyl (C=O) groups excluding carboxylic acids is 2. The van der Waals surface area contributed by atoms with E-state index in [4.69, 9.17) is 21.4 Å². The van der Waals surface area contributed by atoms with Crippen LogP contribution in [0.2, 0.25) is 5.02 Å². The van der Waals surface area contributed by atoms with Crippen LogP contribution in [0.5, 0.6) is 5.75 Å². The van der Waals surface area contributed by atoms with E-state index < -0.39 is 28.5 Å². The van der Waals surface area contributed by atoms with Crippen LogP contribution in [0.4, 0.5) is 21.9 Å². The molecule has 0 radical (unpaired) electrons. The zero-order valence-electron chi connectivity index (χ0n) is 19.2. The van der Waals surface area contributed by atoms with E-state index in [1.165, 1.54) is 23.3 Å². The number of aliphatic imine (C=N–C) groups is 1. The first-order valence-corrected chi connectivity index (χ1v) is 15.8. The summed E-state index contributed by atoms with van der Waals surface area (Å²) in [5.74, 6) is 0.729. The van der Waals surface area contributed by atoms with Crippen molar-refractivity contribution in [3.63, 3.8) is 0 Å². The van der Waals surface area contributed by atoms with Crippen LogP contribution < -0.4 is 30.8 Å². The molecular weight excluding hydrogens is 605 g/mol. The van der Waals surface area contributed by atoms with E-state index in [9.17, 15) is 9.59 Å². The minimum absolute atomic E-state index is 0.0809. The van der Waals surface area contributed by atoms with Gasteiger partial charge in [-0.3, -0.25) is 0 Å². The van der Waals surface area contributed by atoms with Crippen LogP contribution >= 0.6 is 22.9 Å². The molecule has 0 bridgehead atoms. The number of hydrogen-bond acceptors (Lipinski definition) is 7. The van der Waals surface area contributed by atoms with Gasteiger partial charge in [0.1, 0.15) is 0 Å². The number of nitrogens with zero attached hydrogens (tertiary/aromatic N) is 2. The number of methoxy groups -OCH3 is 1. The summed E-state index contributed by atoms with van der Waals surface area (Å²) in [7, 11) is 1.53. The van der Waals surface area contributed by atoms with Gasteiger partial charge in [0.15, 0.2) is 0 Å². The van der Waals surface area contributed by atoms with Crippen molar-refractivity contribution in [2.45, 2.75) is 6.54 Å². The second kappa shape index (κ2) is 10.7. The predicted octanol–water partition coefficient (Wildman–Crippen LogP) is 2.86. The Morgan fingerprint density at radius 3 is 2.81 bits per heavy atom. The van der Waals surface area contributed by atoms with Crippen molar-refractivity contribution >= 4 is 84.2 Å². The van der Waals surface area contributed by atoms with Gasteiger partial charge in [-0.15, -0.1) is 0 Å². The quantitative estimate of drug-likeness (QED) is 0.288. The first kappa shape index (κ1) is 25.0. The zero-order chi connectivity index (χ0) is 25.2. The molecule has 2 aliphatic heterocycles. The predicted molar refractivity (Wildman–Crippen MR) is 143 cm³/mol. The topological polar surface area (TPSA) is 115 Å². The summed E-state index contributed by atoms with van der Waals surface area (Å²) in [6.45, 7) is 1.23. The fraction of sp³-hybridized carbons (Fsp3) is 0.167. The number of ether oxygens (including phenoxy) is 1. The summed E-state index contributed by atoms with van der Waals surface area (Å²) in [6.07, 6.45) is 0. The molecule has 3 aromatic rings. The van der Waals surface area contributed by atoms with Crippen LogP contribution in [-0.2, 0) is 6.54 Å². The Morgan fingerprint density at radius 1 is 1.28 bits per heavy atom. The average Bonchev–Trinajstić information content (AvgIpc) is 3.25. The van der Waals surface area contributed by atoms with E-state index in [2.05, 4.69) is 20.9 Å². The van der Waals surface area contributed by atoms with Crippen molar-refractivity contribution in [3.05, 3.63) is 65.4 Å². The first-order chi connectivity index (χ1) is 17.5. The molecule has 5 rings (SSSR count). The van der Waals surface area contributed by atoms with Gasteiger partial charge in [0, 0.05) is 0 Å². The Balaban J connectivity index is 1.46. The number of anilines is 3. The van der Waals surface area contributed by atoms with Gasteiger partial charge in [-0.05, 0) is 0 Å². The van der Waals surface area contributed by atoms with Gasteiger partial charge in [-0.2, -0.15) is 0 Å². The molecule has 12 heteroatoms. The molecule has 2 aliphatic rings. The van der Waals surface area contributed by atoms with Crippen LogP contribution in [-0.4, -0.2) is 63.7 Å². The van der Waals surface area contributed by atoms with Gasteiger partial charge in [0.2, 0.25) is 0 Å². The second-order valence-electron chi connectivity index (χ2n) is 7.95. The molecule has 0 aliphatic carbocycles. The van der Waals surface area contributed by atoms with Crippen molar-refractivity contribution in [2.75, 3.05) is 35.8 Å². The number of amides is 3. The summed E-state index contributed by atoms with van der Waals surface area (Å²) in [5, 5.41) is 19.1. The monoisotopic (exact) mass is 625 g/mol. The summed E-state index contributed by atoms with van der Waals surface area (Å²) < 4.78 is 8.28. The third-order valence-electron chi connectivity index (χ3n) is 5.66. The number of benzene rings is 2. The summed E-state index contributed by atoms with van der Waals surface area (Å²) >= 11 is 6.39. The molecule has 9 nitrogen and oxygen atoms in total. The van der Waals surface area contributed by atoms with Gasteiger partial charge >= 0.3 is 216 Å². The van der Waals surface area contributed by atoms with Crippen molar-refractivity contribution < 1.29 is 19.4 Å². The molecule has 36 heavy (non-hydrogen) atoms. The normalized spacial score (nSPS) is 13.5. The van der Waals surface area contributed by atoms with Crippen LogP contribution in [0.3, 0.4) is 0 Å². The SMILES string of the molecule is COc1ccc(N2C(=O)Nc3c(C(=O)Nc4ccc(CNCCO)cc4)s[c]4c3=C2N=[CH][In]=4)cc1Cl. The molecule has 0 spiro atoms. The van der Waals surface area contributed by atoms with E-state index in [1.54, 1.807) is 18.2 Å². The molecule has 0 unspecified atom stereocenters. The summed E-state index contributed by atoms with van der Waals surface area (Å²) in [5.41, 5.74) is 2.76. The fourth-order valence-electron chi connectivity index (χ4n) is 3.98. The number of aliphatic hydroxyl groups is 1. The van der Waals surface area contributed by atoms with E-state index >= 15 is 0 Å². The van der Waals surface area contributed by atoms with E-state index in [0.717, 1.165) is 13.0 Å². The van der Waals surface area contributed by atoms with Crippen molar-refractivity contribution in [2.24, 2.45) is 4.99 Å². The van der Waals surface area contributed by atoms with E-state index in [1.807, 2.05) is 28.2 Å². The Morgan fingerprint density at radius 2 is 2.08 bits per heavy atom. The molecule has 3 amide bonds. The Labute approximate surface area is 226 Å². The standard InChI is InChI=1S/C24H21ClN5O4S.In/c1-26-22-17-13-35-21(23(32)28-15-5-3-14(4-6-15)12-27-9-10-31)20(17)29-24(33)30(22)16-7-8-19(34-2)18(25)11-16;/h1,3-8,11,27,31H,9-10,12H2,2H3,(H,28,32)(H,29,33);. The summed E-state index contributed by atoms with van der Waals surface area (Å²) in [6, 6.07) is 12.2. The molecule has 1 aromatic heterocycles. The summed E-state index contributed by atoms with van der Waals surface area (Å²) in [4.78, 5) is 33.0.